The molecule has 3 rings (SSSR count). The van der Waals surface area contributed by atoms with Gasteiger partial charge in [0.1, 0.15) is 11.6 Å². The quantitative estimate of drug-likeness (QED) is 0.613. The first-order chi connectivity index (χ1) is 12.7. The summed E-state index contributed by atoms with van der Waals surface area (Å²) < 4.78 is 6.25. The van der Waals surface area contributed by atoms with Crippen LogP contribution in [0.4, 0.5) is 11.4 Å². The standard InChI is InChI=1S/C20H18BrN3O2/c21-17-3-1-2-15(13-17)12-16(14-22)20(25)23-18-4-6-19(7-5-18)24-8-10-26-11-9-24/h1-7,12-13H,8-11H2,(H,23,25). The molecule has 1 N–H and O–H groups in total. The van der Waals surface area contributed by atoms with Crippen LogP contribution in [0.1, 0.15) is 5.56 Å². The molecule has 132 valence electrons. The van der Waals surface area contributed by atoms with Gasteiger partial charge in [-0.25, -0.2) is 0 Å². The number of morpholine rings is 1. The van der Waals surface area contributed by atoms with Gasteiger partial charge in [-0.3, -0.25) is 4.79 Å². The van der Waals surface area contributed by atoms with E-state index in [2.05, 4.69) is 26.1 Å². The van der Waals surface area contributed by atoms with Crippen LogP contribution in [0.5, 0.6) is 0 Å². The Hall–Kier alpha value is -2.62. The summed E-state index contributed by atoms with van der Waals surface area (Å²) in [6, 6.07) is 17.0. The Morgan fingerprint density at radius 1 is 1.19 bits per heavy atom. The number of nitrogens with zero attached hydrogens (tertiary/aromatic N) is 2. The molecule has 0 bridgehead atoms. The van der Waals surface area contributed by atoms with Crippen molar-refractivity contribution in [1.82, 2.24) is 0 Å². The van der Waals surface area contributed by atoms with Crippen molar-refractivity contribution in [2.75, 3.05) is 36.5 Å². The lowest BCUT2D eigenvalue weighted by Gasteiger charge is -2.28. The lowest BCUT2D eigenvalue weighted by atomic mass is 10.1. The molecule has 0 aliphatic carbocycles. The number of hydrogen-bond acceptors (Lipinski definition) is 4. The molecule has 0 radical (unpaired) electrons. The Labute approximate surface area is 161 Å². The Morgan fingerprint density at radius 3 is 2.58 bits per heavy atom. The third-order valence-corrected chi connectivity index (χ3v) is 4.52. The van der Waals surface area contributed by atoms with Gasteiger partial charge in [-0.15, -0.1) is 0 Å². The van der Waals surface area contributed by atoms with Crippen molar-refractivity contribution in [2.45, 2.75) is 0 Å². The van der Waals surface area contributed by atoms with Crippen LogP contribution in [0.25, 0.3) is 6.08 Å². The fourth-order valence-electron chi connectivity index (χ4n) is 2.69. The van der Waals surface area contributed by atoms with Gasteiger partial charge in [0, 0.05) is 28.9 Å². The summed E-state index contributed by atoms with van der Waals surface area (Å²) in [4.78, 5) is 14.6. The Bertz CT molecular complexity index is 850. The van der Waals surface area contributed by atoms with E-state index < -0.39 is 5.91 Å². The largest absolute Gasteiger partial charge is 0.378 e. The van der Waals surface area contributed by atoms with Crippen LogP contribution in [0.2, 0.25) is 0 Å². The average Bonchev–Trinajstić information content (AvgIpc) is 2.67. The number of ether oxygens (including phenoxy) is 1. The van der Waals surface area contributed by atoms with E-state index in [1.54, 1.807) is 6.08 Å². The van der Waals surface area contributed by atoms with E-state index in [1.807, 2.05) is 54.6 Å². The first kappa shape index (κ1) is 18.2. The summed E-state index contributed by atoms with van der Waals surface area (Å²) in [6.07, 6.45) is 1.57. The summed E-state index contributed by atoms with van der Waals surface area (Å²) in [5, 5.41) is 12.1. The topological polar surface area (TPSA) is 65.4 Å². The fraction of sp³-hybridized carbons (Fsp3) is 0.200. The van der Waals surface area contributed by atoms with Crippen LogP contribution in [0, 0.1) is 11.3 Å². The Morgan fingerprint density at radius 2 is 1.92 bits per heavy atom. The lowest BCUT2D eigenvalue weighted by Crippen LogP contribution is -2.36. The zero-order chi connectivity index (χ0) is 18.4. The van der Waals surface area contributed by atoms with Crippen LogP contribution in [-0.4, -0.2) is 32.2 Å². The monoisotopic (exact) mass is 411 g/mol. The highest BCUT2D eigenvalue weighted by Crippen LogP contribution is 2.20. The molecule has 1 amide bonds. The van der Waals surface area contributed by atoms with E-state index in [4.69, 9.17) is 4.74 Å². The molecule has 1 aliphatic heterocycles. The maximum absolute atomic E-state index is 12.4. The summed E-state index contributed by atoms with van der Waals surface area (Å²) in [6.45, 7) is 3.17. The summed E-state index contributed by atoms with van der Waals surface area (Å²) in [7, 11) is 0. The molecule has 1 heterocycles. The second-order valence-corrected chi connectivity index (χ2v) is 6.74. The van der Waals surface area contributed by atoms with Crippen molar-refractivity contribution in [3.63, 3.8) is 0 Å². The van der Waals surface area contributed by atoms with Crippen molar-refractivity contribution in [3.8, 4) is 6.07 Å². The molecule has 1 saturated heterocycles. The molecule has 2 aromatic rings. The normalized spacial score (nSPS) is 14.6. The molecule has 0 unspecified atom stereocenters. The van der Waals surface area contributed by atoms with Gasteiger partial charge < -0.3 is 15.0 Å². The molecule has 5 nitrogen and oxygen atoms in total. The highest BCUT2D eigenvalue weighted by molar-refractivity contribution is 9.10. The molecular weight excluding hydrogens is 394 g/mol. The number of hydrogen-bond donors (Lipinski definition) is 1. The number of benzene rings is 2. The van der Waals surface area contributed by atoms with E-state index in [-0.39, 0.29) is 5.57 Å². The van der Waals surface area contributed by atoms with Crippen molar-refractivity contribution in [1.29, 1.82) is 5.26 Å². The number of rotatable bonds is 4. The number of anilines is 2. The minimum absolute atomic E-state index is 0.0559. The third kappa shape index (κ3) is 4.72. The van der Waals surface area contributed by atoms with Gasteiger partial charge in [-0.2, -0.15) is 5.26 Å². The number of carbonyl (C=O) groups excluding carboxylic acids is 1. The Kier molecular flexibility index (Phi) is 6.05. The van der Waals surface area contributed by atoms with Crippen molar-refractivity contribution >= 4 is 39.3 Å². The van der Waals surface area contributed by atoms with Gasteiger partial charge in [0.15, 0.2) is 0 Å². The van der Waals surface area contributed by atoms with Crippen LogP contribution >= 0.6 is 15.9 Å². The molecule has 2 aromatic carbocycles. The second kappa shape index (κ2) is 8.65. The molecule has 6 heteroatoms. The van der Waals surface area contributed by atoms with Crippen LogP contribution < -0.4 is 10.2 Å². The van der Waals surface area contributed by atoms with E-state index in [9.17, 15) is 10.1 Å². The van der Waals surface area contributed by atoms with Crippen LogP contribution in [0.3, 0.4) is 0 Å². The molecule has 0 saturated carbocycles. The summed E-state index contributed by atoms with van der Waals surface area (Å²) in [5.41, 5.74) is 2.59. The fourth-order valence-corrected chi connectivity index (χ4v) is 3.10. The van der Waals surface area contributed by atoms with E-state index in [0.717, 1.165) is 42.0 Å². The summed E-state index contributed by atoms with van der Waals surface area (Å²) >= 11 is 3.38. The SMILES string of the molecule is N#CC(=Cc1cccc(Br)c1)C(=O)Nc1ccc(N2CCOCC2)cc1. The minimum atomic E-state index is -0.424. The molecule has 0 atom stereocenters. The van der Waals surface area contributed by atoms with Gasteiger partial charge in [0.2, 0.25) is 0 Å². The Balaban J connectivity index is 1.69. The van der Waals surface area contributed by atoms with Crippen LogP contribution in [0.15, 0.2) is 58.6 Å². The number of nitrogens with one attached hydrogen (secondary N) is 1. The van der Waals surface area contributed by atoms with E-state index in [1.165, 1.54) is 0 Å². The number of halogens is 1. The van der Waals surface area contributed by atoms with Gasteiger partial charge >= 0.3 is 0 Å². The third-order valence-electron chi connectivity index (χ3n) is 4.03. The summed E-state index contributed by atoms with van der Waals surface area (Å²) in [5.74, 6) is -0.424. The predicted octanol–water partition coefficient (Wildman–Crippen LogP) is 3.83. The highest BCUT2D eigenvalue weighted by Gasteiger charge is 2.12. The average molecular weight is 412 g/mol. The number of nitriles is 1. The van der Waals surface area contributed by atoms with Crippen molar-refractivity contribution in [3.05, 3.63) is 64.1 Å². The molecule has 26 heavy (non-hydrogen) atoms. The maximum Gasteiger partial charge on any atom is 0.266 e. The predicted molar refractivity (Wildman–Crippen MR) is 106 cm³/mol. The molecule has 1 fully saturated rings. The van der Waals surface area contributed by atoms with Gasteiger partial charge in [-0.1, -0.05) is 28.1 Å². The van der Waals surface area contributed by atoms with Crippen molar-refractivity contribution < 1.29 is 9.53 Å². The zero-order valence-electron chi connectivity index (χ0n) is 14.1. The van der Waals surface area contributed by atoms with E-state index >= 15 is 0 Å². The second-order valence-electron chi connectivity index (χ2n) is 5.83. The number of carbonyl (C=O) groups is 1. The van der Waals surface area contributed by atoms with Gasteiger partial charge in [0.25, 0.3) is 5.91 Å². The maximum atomic E-state index is 12.4. The van der Waals surface area contributed by atoms with Crippen LogP contribution in [-0.2, 0) is 9.53 Å². The molecule has 0 aromatic heterocycles. The van der Waals surface area contributed by atoms with Crippen molar-refractivity contribution in [2.24, 2.45) is 0 Å². The zero-order valence-corrected chi connectivity index (χ0v) is 15.7. The highest BCUT2D eigenvalue weighted by atomic mass is 79.9. The lowest BCUT2D eigenvalue weighted by molar-refractivity contribution is -0.112. The van der Waals surface area contributed by atoms with Gasteiger partial charge in [0.05, 0.1) is 13.2 Å². The van der Waals surface area contributed by atoms with Gasteiger partial charge in [-0.05, 0) is 48.0 Å². The first-order valence-electron chi connectivity index (χ1n) is 8.27. The minimum Gasteiger partial charge on any atom is -0.378 e. The molecule has 1 aliphatic rings. The smallest absolute Gasteiger partial charge is 0.266 e. The first-order valence-corrected chi connectivity index (χ1v) is 9.06. The molecular formula is C20H18BrN3O2. The van der Waals surface area contributed by atoms with E-state index in [0.29, 0.717) is 5.69 Å². The molecule has 0 spiro atoms. The number of amides is 1.